The number of hydrogen-bond donors (Lipinski definition) is 1. The Morgan fingerprint density at radius 1 is 1.14 bits per heavy atom. The predicted octanol–water partition coefficient (Wildman–Crippen LogP) is 3.27. The molecule has 0 amide bonds. The molecule has 1 atom stereocenters. The molecule has 0 saturated heterocycles. The van der Waals surface area contributed by atoms with Gasteiger partial charge in [-0.25, -0.2) is 0 Å². The molecular formula is C18H28N2O. The molecule has 3 nitrogen and oxygen atoms in total. The molecule has 0 spiro atoms. The zero-order chi connectivity index (χ0) is 15.6. The summed E-state index contributed by atoms with van der Waals surface area (Å²) in [5, 5.41) is 11.7. The molecule has 1 N–H and O–H groups in total. The lowest BCUT2D eigenvalue weighted by Crippen LogP contribution is -2.34. The zero-order valence-electron chi connectivity index (χ0n) is 14.0. The average molecular weight is 288 g/mol. The van der Waals surface area contributed by atoms with Gasteiger partial charge in [-0.05, 0) is 51.6 Å². The first-order valence-electron chi connectivity index (χ1n) is 7.94. The highest BCUT2D eigenvalue weighted by Gasteiger charge is 2.15. The predicted molar refractivity (Wildman–Crippen MR) is 89.9 cm³/mol. The first-order chi connectivity index (χ1) is 9.97. The summed E-state index contributed by atoms with van der Waals surface area (Å²) in [5.41, 5.74) is 5.10. The van der Waals surface area contributed by atoms with Gasteiger partial charge in [-0.3, -0.25) is 0 Å². The van der Waals surface area contributed by atoms with Crippen molar-refractivity contribution in [2.45, 2.75) is 47.3 Å². The molecule has 0 aliphatic rings. The van der Waals surface area contributed by atoms with Gasteiger partial charge in [0.05, 0.1) is 12.6 Å². The monoisotopic (exact) mass is 288 g/mol. The molecule has 0 aliphatic carbocycles. The number of fused-ring (bicyclic) bond motifs is 1. The molecule has 0 saturated carbocycles. The largest absolute Gasteiger partial charge is 0.390 e. The molecule has 116 valence electrons. The summed E-state index contributed by atoms with van der Waals surface area (Å²) in [7, 11) is 0. The summed E-state index contributed by atoms with van der Waals surface area (Å²) in [6.07, 6.45) is -0.333. The maximum Gasteiger partial charge on any atom is 0.0845 e. The van der Waals surface area contributed by atoms with Gasteiger partial charge in [0.1, 0.15) is 0 Å². The lowest BCUT2D eigenvalue weighted by Gasteiger charge is -2.23. The maximum atomic E-state index is 10.4. The van der Waals surface area contributed by atoms with E-state index >= 15 is 0 Å². The number of aromatic nitrogens is 1. The second-order valence-electron chi connectivity index (χ2n) is 5.98. The van der Waals surface area contributed by atoms with Crippen molar-refractivity contribution in [2.24, 2.45) is 0 Å². The molecule has 0 radical (unpaired) electrons. The van der Waals surface area contributed by atoms with E-state index in [-0.39, 0.29) is 6.10 Å². The average Bonchev–Trinajstić information content (AvgIpc) is 2.69. The Morgan fingerprint density at radius 2 is 1.81 bits per heavy atom. The molecule has 0 bridgehead atoms. The summed E-state index contributed by atoms with van der Waals surface area (Å²) in [5.74, 6) is 0. The van der Waals surface area contributed by atoms with Gasteiger partial charge < -0.3 is 14.6 Å². The van der Waals surface area contributed by atoms with Crippen LogP contribution >= 0.6 is 0 Å². The van der Waals surface area contributed by atoms with Crippen molar-refractivity contribution in [1.82, 2.24) is 9.47 Å². The van der Waals surface area contributed by atoms with Crippen molar-refractivity contribution in [3.63, 3.8) is 0 Å². The first kappa shape index (κ1) is 16.1. The highest BCUT2D eigenvalue weighted by atomic mass is 16.3. The lowest BCUT2D eigenvalue weighted by molar-refractivity contribution is 0.104. The number of rotatable bonds is 6. The lowest BCUT2D eigenvalue weighted by atomic mass is 10.1. The van der Waals surface area contributed by atoms with E-state index in [0.717, 1.165) is 19.6 Å². The Morgan fingerprint density at radius 3 is 2.43 bits per heavy atom. The van der Waals surface area contributed by atoms with Gasteiger partial charge >= 0.3 is 0 Å². The standard InChI is InChI=1S/C18H28N2O/c1-6-19(7-2)11-16(21)12-20-15(5)14(4)17-10-13(3)8-9-18(17)20/h8-10,16,21H,6-7,11-12H2,1-5H3. The fourth-order valence-electron chi connectivity index (χ4n) is 3.05. The summed E-state index contributed by atoms with van der Waals surface area (Å²) in [6, 6.07) is 6.56. The van der Waals surface area contributed by atoms with Crippen LogP contribution in [0, 0.1) is 20.8 Å². The second-order valence-corrected chi connectivity index (χ2v) is 5.98. The number of benzene rings is 1. The van der Waals surface area contributed by atoms with Gasteiger partial charge in [0.2, 0.25) is 0 Å². The first-order valence-corrected chi connectivity index (χ1v) is 7.94. The van der Waals surface area contributed by atoms with E-state index in [1.807, 2.05) is 0 Å². The minimum atomic E-state index is -0.333. The van der Waals surface area contributed by atoms with Gasteiger partial charge in [0.25, 0.3) is 0 Å². The number of nitrogens with zero attached hydrogens (tertiary/aromatic N) is 2. The third kappa shape index (κ3) is 3.30. The van der Waals surface area contributed by atoms with Crippen molar-refractivity contribution in [3.8, 4) is 0 Å². The molecule has 0 fully saturated rings. The Labute approximate surface area is 128 Å². The van der Waals surface area contributed by atoms with Crippen LogP contribution in [0.25, 0.3) is 10.9 Å². The van der Waals surface area contributed by atoms with E-state index in [1.165, 1.54) is 27.7 Å². The van der Waals surface area contributed by atoms with Crippen LogP contribution in [0.3, 0.4) is 0 Å². The van der Waals surface area contributed by atoms with Crippen molar-refractivity contribution in [3.05, 3.63) is 35.0 Å². The highest BCUT2D eigenvalue weighted by molar-refractivity contribution is 5.85. The van der Waals surface area contributed by atoms with Crippen LogP contribution in [0.1, 0.15) is 30.7 Å². The number of likely N-dealkylation sites (N-methyl/N-ethyl adjacent to an activating group) is 1. The Balaban J connectivity index is 2.28. The fraction of sp³-hybridized carbons (Fsp3) is 0.556. The van der Waals surface area contributed by atoms with Gasteiger partial charge in [-0.2, -0.15) is 0 Å². The molecule has 1 aromatic carbocycles. The van der Waals surface area contributed by atoms with E-state index in [2.05, 4.69) is 62.3 Å². The smallest absolute Gasteiger partial charge is 0.0845 e. The van der Waals surface area contributed by atoms with Crippen molar-refractivity contribution in [2.75, 3.05) is 19.6 Å². The molecular weight excluding hydrogens is 260 g/mol. The Kier molecular flexibility index (Phi) is 5.07. The minimum Gasteiger partial charge on any atom is -0.390 e. The quantitative estimate of drug-likeness (QED) is 0.883. The van der Waals surface area contributed by atoms with Gasteiger partial charge in [-0.15, -0.1) is 0 Å². The summed E-state index contributed by atoms with van der Waals surface area (Å²) in [6.45, 7) is 14.1. The molecule has 1 unspecified atom stereocenters. The van der Waals surface area contributed by atoms with Crippen LogP contribution in [-0.4, -0.2) is 40.3 Å². The molecule has 1 heterocycles. The van der Waals surface area contributed by atoms with Crippen LogP contribution in [0.15, 0.2) is 18.2 Å². The van der Waals surface area contributed by atoms with E-state index in [9.17, 15) is 5.11 Å². The number of aliphatic hydroxyl groups is 1. The van der Waals surface area contributed by atoms with Gasteiger partial charge in [-0.1, -0.05) is 25.5 Å². The van der Waals surface area contributed by atoms with Gasteiger partial charge in [0.15, 0.2) is 0 Å². The van der Waals surface area contributed by atoms with E-state index in [1.54, 1.807) is 0 Å². The van der Waals surface area contributed by atoms with E-state index in [0.29, 0.717) is 6.54 Å². The molecule has 3 heteroatoms. The fourth-order valence-corrected chi connectivity index (χ4v) is 3.05. The van der Waals surface area contributed by atoms with Crippen molar-refractivity contribution >= 4 is 10.9 Å². The highest BCUT2D eigenvalue weighted by Crippen LogP contribution is 2.26. The molecule has 21 heavy (non-hydrogen) atoms. The SMILES string of the molecule is CCN(CC)CC(O)Cn1c(C)c(C)c2cc(C)ccc21. The zero-order valence-corrected chi connectivity index (χ0v) is 14.0. The molecule has 1 aromatic heterocycles. The third-order valence-corrected chi connectivity index (χ3v) is 4.55. The number of hydrogen-bond acceptors (Lipinski definition) is 2. The molecule has 2 aromatic rings. The topological polar surface area (TPSA) is 28.4 Å². The van der Waals surface area contributed by atoms with Crippen LogP contribution in [0.4, 0.5) is 0 Å². The van der Waals surface area contributed by atoms with Crippen LogP contribution in [0.5, 0.6) is 0 Å². The molecule has 0 aliphatic heterocycles. The summed E-state index contributed by atoms with van der Waals surface area (Å²) >= 11 is 0. The summed E-state index contributed by atoms with van der Waals surface area (Å²) < 4.78 is 2.26. The van der Waals surface area contributed by atoms with E-state index in [4.69, 9.17) is 0 Å². The maximum absolute atomic E-state index is 10.4. The Hall–Kier alpha value is -1.32. The molecule has 2 rings (SSSR count). The number of aryl methyl sites for hydroxylation is 2. The third-order valence-electron chi connectivity index (χ3n) is 4.55. The minimum absolute atomic E-state index is 0.333. The summed E-state index contributed by atoms with van der Waals surface area (Å²) in [4.78, 5) is 2.27. The van der Waals surface area contributed by atoms with Crippen molar-refractivity contribution in [1.29, 1.82) is 0 Å². The van der Waals surface area contributed by atoms with Crippen molar-refractivity contribution < 1.29 is 5.11 Å². The van der Waals surface area contributed by atoms with E-state index < -0.39 is 0 Å². The van der Waals surface area contributed by atoms with Gasteiger partial charge in [0, 0.05) is 23.1 Å². The number of aliphatic hydroxyl groups excluding tert-OH is 1. The van der Waals surface area contributed by atoms with Crippen LogP contribution in [-0.2, 0) is 6.54 Å². The van der Waals surface area contributed by atoms with Crippen LogP contribution < -0.4 is 0 Å². The normalized spacial score (nSPS) is 13.3. The Bertz CT molecular complexity index is 611. The van der Waals surface area contributed by atoms with Crippen LogP contribution in [0.2, 0.25) is 0 Å². The second kappa shape index (κ2) is 6.63.